The minimum Gasteiger partial charge on any atom is -0.744 e. The van der Waals surface area contributed by atoms with E-state index in [9.17, 15) is 25.9 Å². The summed E-state index contributed by atoms with van der Waals surface area (Å²) in [5.74, 6) is 0. The molecule has 0 aliphatic rings. The SMILES string of the molecule is CCCCCCCCCCCCCCCCCCCCc1ccc(S(=O)(=O)[O-])cc1.CCCCCCCCCCCCCCCCCCCCc1ccc(S(=O)(=O)[O-])cc1.[Ba+2]. The molecule has 0 unspecified atom stereocenters. The van der Waals surface area contributed by atoms with Crippen molar-refractivity contribution in [3.8, 4) is 0 Å². The van der Waals surface area contributed by atoms with Crippen LogP contribution in [0.15, 0.2) is 58.3 Å². The van der Waals surface area contributed by atoms with Gasteiger partial charge in [0, 0.05) is 0 Å². The maximum Gasteiger partial charge on any atom is 2.00 e. The molecule has 0 bridgehead atoms. The summed E-state index contributed by atoms with van der Waals surface area (Å²) in [4.78, 5) is -0.270. The van der Waals surface area contributed by atoms with Gasteiger partial charge in [-0.1, -0.05) is 256 Å². The van der Waals surface area contributed by atoms with E-state index < -0.39 is 20.2 Å². The second kappa shape index (κ2) is 42.5. The average Bonchev–Trinajstić information content (AvgIpc) is 3.22. The normalized spacial score (nSPS) is 11.6. The fraction of sp³-hybridized carbons (Fsp3) is 0.769. The van der Waals surface area contributed by atoms with Crippen molar-refractivity contribution in [1.29, 1.82) is 0 Å². The Labute approximate surface area is 418 Å². The van der Waals surface area contributed by atoms with Gasteiger partial charge in [-0.15, -0.1) is 0 Å². The number of hydrogen-bond donors (Lipinski definition) is 0. The van der Waals surface area contributed by atoms with E-state index in [1.807, 2.05) is 0 Å². The molecule has 2 aromatic rings. The van der Waals surface area contributed by atoms with Crippen molar-refractivity contribution in [2.24, 2.45) is 0 Å². The molecule has 0 saturated heterocycles. The molecule has 0 aliphatic heterocycles. The van der Waals surface area contributed by atoms with Gasteiger partial charge in [0.2, 0.25) is 0 Å². The van der Waals surface area contributed by atoms with E-state index in [1.54, 1.807) is 24.3 Å². The number of unbranched alkanes of at least 4 members (excludes halogenated alkanes) is 34. The quantitative estimate of drug-likeness (QED) is 0.0373. The maximum atomic E-state index is 10.9. The Bertz CT molecular complexity index is 1330. The smallest absolute Gasteiger partial charge is 0.744 e. The molecule has 0 saturated carbocycles. The molecule has 0 radical (unpaired) electrons. The van der Waals surface area contributed by atoms with Gasteiger partial charge >= 0.3 is 48.9 Å². The molecule has 9 heteroatoms. The summed E-state index contributed by atoms with van der Waals surface area (Å²) in [5, 5.41) is 0. The molecular weight excluding hydrogens is 922 g/mol. The van der Waals surface area contributed by atoms with Crippen LogP contribution in [0.3, 0.4) is 0 Å². The summed E-state index contributed by atoms with van der Waals surface area (Å²) in [6.45, 7) is 4.56. The predicted molar refractivity (Wildman–Crippen MR) is 260 cm³/mol. The van der Waals surface area contributed by atoms with Gasteiger partial charge in [-0.05, 0) is 61.1 Å². The number of rotatable bonds is 40. The third-order valence-corrected chi connectivity index (χ3v) is 13.8. The Kier molecular flexibility index (Phi) is 42.3. The van der Waals surface area contributed by atoms with E-state index in [0.29, 0.717) is 0 Å². The predicted octanol–water partition coefficient (Wildman–Crippen LogP) is 16.0. The van der Waals surface area contributed by atoms with Gasteiger partial charge < -0.3 is 9.11 Å². The van der Waals surface area contributed by atoms with E-state index in [4.69, 9.17) is 0 Å². The fourth-order valence-corrected chi connectivity index (χ4v) is 9.05. The fourth-order valence-electron chi connectivity index (χ4n) is 8.11. The van der Waals surface area contributed by atoms with E-state index in [1.165, 1.54) is 243 Å². The van der Waals surface area contributed by atoms with E-state index in [2.05, 4.69) is 13.8 Å². The van der Waals surface area contributed by atoms with Crippen LogP contribution in [0.4, 0.5) is 0 Å². The average molecular weight is 1010 g/mol. The van der Waals surface area contributed by atoms with Crippen LogP contribution in [0.25, 0.3) is 0 Å². The Morgan fingerprint density at radius 1 is 0.295 bits per heavy atom. The third-order valence-electron chi connectivity index (χ3n) is 12.1. The van der Waals surface area contributed by atoms with Crippen molar-refractivity contribution in [2.75, 3.05) is 0 Å². The Balaban J connectivity index is 0.00000116. The van der Waals surface area contributed by atoms with E-state index in [0.717, 1.165) is 36.8 Å². The Morgan fingerprint density at radius 3 is 0.623 bits per heavy atom. The van der Waals surface area contributed by atoms with Crippen molar-refractivity contribution in [1.82, 2.24) is 0 Å². The van der Waals surface area contributed by atoms with Crippen molar-refractivity contribution in [2.45, 2.75) is 268 Å². The molecule has 0 spiro atoms. The van der Waals surface area contributed by atoms with Crippen LogP contribution in [0.2, 0.25) is 0 Å². The summed E-state index contributed by atoms with van der Waals surface area (Å²) < 4.78 is 65.5. The third kappa shape index (κ3) is 38.8. The van der Waals surface area contributed by atoms with Crippen LogP contribution in [0.1, 0.15) is 256 Å². The molecule has 0 heterocycles. The number of benzene rings is 2. The number of hydrogen-bond acceptors (Lipinski definition) is 6. The minimum absolute atomic E-state index is 0. The van der Waals surface area contributed by atoms with Crippen molar-refractivity contribution < 1.29 is 25.9 Å². The number of aryl methyl sites for hydroxylation is 2. The first kappa shape index (κ1) is 60.8. The van der Waals surface area contributed by atoms with Crippen LogP contribution in [-0.2, 0) is 33.1 Å². The molecule has 0 amide bonds. The second-order valence-electron chi connectivity index (χ2n) is 17.7. The molecule has 6 nitrogen and oxygen atoms in total. The van der Waals surface area contributed by atoms with E-state index in [-0.39, 0.29) is 58.7 Å². The summed E-state index contributed by atoms with van der Waals surface area (Å²) >= 11 is 0. The van der Waals surface area contributed by atoms with Crippen molar-refractivity contribution in [3.63, 3.8) is 0 Å². The first-order valence-electron chi connectivity index (χ1n) is 25.2. The van der Waals surface area contributed by atoms with Crippen LogP contribution in [0.5, 0.6) is 0 Å². The van der Waals surface area contributed by atoms with E-state index >= 15 is 0 Å². The van der Waals surface area contributed by atoms with Crippen molar-refractivity contribution in [3.05, 3.63) is 59.7 Å². The molecule has 0 atom stereocenters. The van der Waals surface area contributed by atoms with Crippen LogP contribution >= 0.6 is 0 Å². The largest absolute Gasteiger partial charge is 2.00 e. The summed E-state index contributed by atoms with van der Waals surface area (Å²) in [7, 11) is -8.65. The zero-order chi connectivity index (χ0) is 43.8. The Morgan fingerprint density at radius 2 is 0.459 bits per heavy atom. The van der Waals surface area contributed by atoms with Gasteiger partial charge in [-0.25, -0.2) is 16.8 Å². The van der Waals surface area contributed by atoms with Gasteiger partial charge in [0.1, 0.15) is 20.2 Å². The topological polar surface area (TPSA) is 114 Å². The Hall–Kier alpha value is -0.169. The molecule has 2 aromatic carbocycles. The first-order chi connectivity index (χ1) is 29.1. The molecule has 61 heavy (non-hydrogen) atoms. The summed E-state index contributed by atoms with van der Waals surface area (Å²) in [5.41, 5.74) is 2.22. The van der Waals surface area contributed by atoms with Crippen LogP contribution < -0.4 is 0 Å². The maximum absolute atomic E-state index is 10.9. The summed E-state index contributed by atoms with van der Waals surface area (Å²) in [6.07, 6.45) is 51.4. The monoisotopic (exact) mass is 1010 g/mol. The van der Waals surface area contributed by atoms with Gasteiger partial charge in [0.15, 0.2) is 0 Å². The molecule has 0 fully saturated rings. The van der Waals surface area contributed by atoms with Gasteiger partial charge in [-0.2, -0.15) is 0 Å². The van der Waals surface area contributed by atoms with Crippen LogP contribution in [0, 0.1) is 0 Å². The van der Waals surface area contributed by atoms with Crippen LogP contribution in [-0.4, -0.2) is 74.8 Å². The minimum atomic E-state index is -4.32. The molecule has 0 N–H and O–H groups in total. The van der Waals surface area contributed by atoms with Gasteiger partial charge in [-0.3, -0.25) is 0 Å². The second-order valence-corrected chi connectivity index (χ2v) is 20.5. The van der Waals surface area contributed by atoms with Gasteiger partial charge in [0.25, 0.3) is 0 Å². The standard InChI is InChI=1S/2C26H46O3S.Ba/c2*1-2-3-4-5-6-7-8-9-10-11-12-13-14-15-16-17-18-19-20-25-21-23-26(24-22-25)30(27,28)29;/h2*21-24H,2-20H2,1H3,(H,27,28,29);/q;;+2/p-2. The zero-order valence-electron chi connectivity index (χ0n) is 39.5. The van der Waals surface area contributed by atoms with Gasteiger partial charge in [0.05, 0.1) is 9.79 Å². The van der Waals surface area contributed by atoms with Crippen molar-refractivity contribution >= 4 is 69.1 Å². The molecule has 0 aromatic heterocycles. The first-order valence-corrected chi connectivity index (χ1v) is 28.0. The molecule has 2 rings (SSSR count). The molecule has 0 aliphatic carbocycles. The molecular formula is C52H90BaO6S2. The summed E-state index contributed by atoms with van der Waals surface area (Å²) in [6, 6.07) is 12.7. The zero-order valence-corrected chi connectivity index (χ0v) is 45.5. The molecule has 348 valence electrons.